The van der Waals surface area contributed by atoms with Crippen LogP contribution in [0.5, 0.6) is 0 Å². The standard InChI is InChI=1S/C22H30N8OS/c1-14(2)13-29-19(27-28-22(29)32-5)7-6-10-24-20(31)9-8-18-15(3)26-21-17(11-23)12-25-30(21)16(18)4/h12,14H,6-10,13H2,1-5H3,(H,24,31). The van der Waals surface area contributed by atoms with E-state index in [0.29, 0.717) is 36.5 Å². The fourth-order valence-electron chi connectivity index (χ4n) is 3.76. The average Bonchev–Trinajstić information content (AvgIpc) is 3.34. The van der Waals surface area contributed by atoms with Gasteiger partial charge in [0.1, 0.15) is 17.5 Å². The molecule has 3 heterocycles. The number of carbonyl (C=O) groups is 1. The minimum absolute atomic E-state index is 0.00975. The third-order valence-electron chi connectivity index (χ3n) is 5.35. The minimum Gasteiger partial charge on any atom is -0.356 e. The molecule has 0 saturated carbocycles. The Hall–Kier alpha value is -2.93. The van der Waals surface area contributed by atoms with Crippen LogP contribution >= 0.6 is 11.8 Å². The van der Waals surface area contributed by atoms with Crippen LogP contribution in [0.2, 0.25) is 0 Å². The van der Waals surface area contributed by atoms with Crippen molar-refractivity contribution in [1.29, 1.82) is 5.26 Å². The van der Waals surface area contributed by atoms with E-state index in [4.69, 9.17) is 0 Å². The van der Waals surface area contributed by atoms with Gasteiger partial charge >= 0.3 is 0 Å². The predicted molar refractivity (Wildman–Crippen MR) is 123 cm³/mol. The Morgan fingerprint density at radius 2 is 2.06 bits per heavy atom. The molecular formula is C22H30N8OS. The van der Waals surface area contributed by atoms with E-state index in [1.165, 1.54) is 6.20 Å². The van der Waals surface area contributed by atoms with Gasteiger partial charge in [0.25, 0.3) is 0 Å². The van der Waals surface area contributed by atoms with Crippen molar-refractivity contribution in [3.05, 3.63) is 34.5 Å². The number of nitrogens with one attached hydrogen (secondary N) is 1. The largest absolute Gasteiger partial charge is 0.356 e. The van der Waals surface area contributed by atoms with Gasteiger partial charge in [-0.25, -0.2) is 9.50 Å². The maximum absolute atomic E-state index is 12.4. The van der Waals surface area contributed by atoms with Gasteiger partial charge in [0.15, 0.2) is 10.8 Å². The molecule has 1 N–H and O–H groups in total. The number of carbonyl (C=O) groups excluding carboxylic acids is 1. The van der Waals surface area contributed by atoms with Crippen molar-refractivity contribution in [2.24, 2.45) is 5.92 Å². The Labute approximate surface area is 192 Å². The van der Waals surface area contributed by atoms with Crippen molar-refractivity contribution < 1.29 is 4.79 Å². The third kappa shape index (κ3) is 5.27. The highest BCUT2D eigenvalue weighted by atomic mass is 32.2. The fraction of sp³-hybridized carbons (Fsp3) is 0.545. The lowest BCUT2D eigenvalue weighted by Crippen LogP contribution is -2.25. The first-order valence-corrected chi connectivity index (χ1v) is 12.0. The molecule has 0 aliphatic carbocycles. The molecule has 1 amide bonds. The van der Waals surface area contributed by atoms with E-state index in [-0.39, 0.29) is 5.91 Å². The molecule has 0 aliphatic rings. The van der Waals surface area contributed by atoms with Crippen LogP contribution in [-0.4, -0.2) is 48.1 Å². The number of nitriles is 1. The second-order valence-corrected chi connectivity index (χ2v) is 9.00. The molecule has 0 saturated heterocycles. The molecule has 0 aromatic carbocycles. The number of rotatable bonds is 10. The summed E-state index contributed by atoms with van der Waals surface area (Å²) in [6.45, 7) is 9.71. The Balaban J connectivity index is 1.52. The van der Waals surface area contributed by atoms with Crippen molar-refractivity contribution in [2.75, 3.05) is 12.8 Å². The van der Waals surface area contributed by atoms with Crippen LogP contribution < -0.4 is 5.32 Å². The summed E-state index contributed by atoms with van der Waals surface area (Å²) in [5, 5.41) is 26.0. The number of hydrogen-bond acceptors (Lipinski definition) is 7. The lowest BCUT2D eigenvalue weighted by molar-refractivity contribution is -0.121. The van der Waals surface area contributed by atoms with Gasteiger partial charge in [-0.15, -0.1) is 10.2 Å². The molecule has 3 aromatic rings. The molecule has 0 spiro atoms. The Kier molecular flexibility index (Phi) is 7.85. The predicted octanol–water partition coefficient (Wildman–Crippen LogP) is 2.87. The van der Waals surface area contributed by atoms with Crippen LogP contribution in [0.1, 0.15) is 55.0 Å². The van der Waals surface area contributed by atoms with E-state index in [9.17, 15) is 10.1 Å². The summed E-state index contributed by atoms with van der Waals surface area (Å²) in [5.41, 5.74) is 3.75. The molecule has 0 atom stereocenters. The molecule has 3 rings (SSSR count). The first-order valence-electron chi connectivity index (χ1n) is 10.8. The van der Waals surface area contributed by atoms with Gasteiger partial charge in [-0.1, -0.05) is 25.6 Å². The number of fused-ring (bicyclic) bond motifs is 1. The third-order valence-corrected chi connectivity index (χ3v) is 6.02. The Morgan fingerprint density at radius 1 is 1.28 bits per heavy atom. The summed E-state index contributed by atoms with van der Waals surface area (Å²) in [5.74, 6) is 1.50. The second kappa shape index (κ2) is 10.6. The molecule has 10 heteroatoms. The zero-order valence-electron chi connectivity index (χ0n) is 19.3. The van der Waals surface area contributed by atoms with E-state index < -0.39 is 0 Å². The van der Waals surface area contributed by atoms with Gasteiger partial charge in [-0.2, -0.15) is 10.4 Å². The number of nitrogens with zero attached hydrogens (tertiary/aromatic N) is 7. The number of hydrogen-bond donors (Lipinski definition) is 1. The zero-order valence-corrected chi connectivity index (χ0v) is 20.2. The van der Waals surface area contributed by atoms with Crippen molar-refractivity contribution >= 4 is 23.3 Å². The van der Waals surface area contributed by atoms with Gasteiger partial charge < -0.3 is 9.88 Å². The van der Waals surface area contributed by atoms with E-state index in [1.54, 1.807) is 16.3 Å². The molecule has 32 heavy (non-hydrogen) atoms. The lowest BCUT2D eigenvalue weighted by Gasteiger charge is -2.12. The molecule has 0 fully saturated rings. The molecular weight excluding hydrogens is 424 g/mol. The Morgan fingerprint density at radius 3 is 2.75 bits per heavy atom. The van der Waals surface area contributed by atoms with Crippen LogP contribution in [0, 0.1) is 31.1 Å². The van der Waals surface area contributed by atoms with Crippen molar-refractivity contribution in [1.82, 2.24) is 34.7 Å². The number of aryl methyl sites for hydroxylation is 3. The van der Waals surface area contributed by atoms with Crippen LogP contribution in [-0.2, 0) is 24.2 Å². The summed E-state index contributed by atoms with van der Waals surface area (Å²) in [6, 6.07) is 2.11. The maximum atomic E-state index is 12.4. The van der Waals surface area contributed by atoms with E-state index in [1.807, 2.05) is 20.1 Å². The van der Waals surface area contributed by atoms with Gasteiger partial charge in [0.2, 0.25) is 5.91 Å². The summed E-state index contributed by atoms with van der Waals surface area (Å²) < 4.78 is 3.85. The molecule has 0 aliphatic heterocycles. The van der Waals surface area contributed by atoms with Crippen molar-refractivity contribution in [3.63, 3.8) is 0 Å². The van der Waals surface area contributed by atoms with E-state index in [0.717, 1.165) is 47.3 Å². The molecule has 9 nitrogen and oxygen atoms in total. The van der Waals surface area contributed by atoms with Gasteiger partial charge in [0, 0.05) is 37.3 Å². The molecule has 3 aromatic heterocycles. The number of aromatic nitrogens is 6. The molecule has 0 unspecified atom stereocenters. The minimum atomic E-state index is 0.00975. The maximum Gasteiger partial charge on any atom is 0.220 e. The summed E-state index contributed by atoms with van der Waals surface area (Å²) in [6.07, 6.45) is 6.08. The van der Waals surface area contributed by atoms with Gasteiger partial charge in [-0.05, 0) is 44.4 Å². The topological polar surface area (TPSA) is 114 Å². The lowest BCUT2D eigenvalue weighted by atomic mass is 10.1. The number of thioether (sulfide) groups is 1. The smallest absolute Gasteiger partial charge is 0.220 e. The van der Waals surface area contributed by atoms with Gasteiger partial charge in [0.05, 0.1) is 6.20 Å². The van der Waals surface area contributed by atoms with Gasteiger partial charge in [-0.3, -0.25) is 4.79 Å². The zero-order chi connectivity index (χ0) is 23.3. The average molecular weight is 455 g/mol. The highest BCUT2D eigenvalue weighted by Crippen LogP contribution is 2.19. The highest BCUT2D eigenvalue weighted by molar-refractivity contribution is 7.98. The van der Waals surface area contributed by atoms with Crippen molar-refractivity contribution in [3.8, 4) is 6.07 Å². The quantitative estimate of drug-likeness (QED) is 0.370. The summed E-state index contributed by atoms with van der Waals surface area (Å²) >= 11 is 1.60. The Bertz CT molecular complexity index is 1140. The van der Waals surface area contributed by atoms with Crippen LogP contribution in [0.25, 0.3) is 5.65 Å². The normalized spacial score (nSPS) is 11.3. The van der Waals surface area contributed by atoms with E-state index >= 15 is 0 Å². The van der Waals surface area contributed by atoms with Crippen LogP contribution in [0.15, 0.2) is 11.4 Å². The fourth-order valence-corrected chi connectivity index (χ4v) is 4.28. The molecule has 0 bridgehead atoms. The first kappa shape index (κ1) is 23.7. The van der Waals surface area contributed by atoms with Crippen LogP contribution in [0.4, 0.5) is 0 Å². The first-order chi connectivity index (χ1) is 15.3. The highest BCUT2D eigenvalue weighted by Gasteiger charge is 2.15. The second-order valence-electron chi connectivity index (χ2n) is 8.23. The SMILES string of the molecule is CSc1nnc(CCCNC(=O)CCc2c(C)nc3c(C#N)cnn3c2C)n1CC(C)C. The van der Waals surface area contributed by atoms with E-state index in [2.05, 4.69) is 50.1 Å². The van der Waals surface area contributed by atoms with Crippen molar-refractivity contribution in [2.45, 2.75) is 65.1 Å². The van der Waals surface area contributed by atoms with Crippen LogP contribution in [0.3, 0.4) is 0 Å². The number of amides is 1. The summed E-state index contributed by atoms with van der Waals surface area (Å²) in [4.78, 5) is 16.9. The summed E-state index contributed by atoms with van der Waals surface area (Å²) in [7, 11) is 0. The molecule has 170 valence electrons. The molecule has 0 radical (unpaired) electrons. The monoisotopic (exact) mass is 454 g/mol.